The molecule has 0 bridgehead atoms. The number of rotatable bonds is 2. The molecule has 0 aliphatic heterocycles. The smallest absolute Gasteiger partial charge is 0.456 e. The summed E-state index contributed by atoms with van der Waals surface area (Å²) < 4.78 is 68.8. The second-order valence-electron chi connectivity index (χ2n) is 3.19. The molecular formula is C9BF5N3O-. The third-order valence-electron chi connectivity index (χ3n) is 2.01. The van der Waals surface area contributed by atoms with Crippen LogP contribution < -0.4 is 4.65 Å². The van der Waals surface area contributed by atoms with Gasteiger partial charge in [0, 0.05) is 0 Å². The van der Waals surface area contributed by atoms with Crippen molar-refractivity contribution >= 4 is 6.35 Å². The molecule has 0 aliphatic rings. The molecule has 0 amide bonds. The zero-order chi connectivity index (χ0) is 14.8. The highest BCUT2D eigenvalue weighted by molar-refractivity contribution is 6.94. The summed E-state index contributed by atoms with van der Waals surface area (Å²) in [6, 6.07) is 0. The van der Waals surface area contributed by atoms with Crippen LogP contribution in [0.4, 0.5) is 22.0 Å². The van der Waals surface area contributed by atoms with Gasteiger partial charge in [0.05, 0.1) is 0 Å². The molecule has 0 aliphatic carbocycles. The van der Waals surface area contributed by atoms with E-state index in [1.807, 2.05) is 0 Å². The Morgan fingerprint density at radius 2 is 1.00 bits per heavy atom. The third kappa shape index (κ3) is 2.14. The summed E-state index contributed by atoms with van der Waals surface area (Å²) in [5.74, 6) is -10.6. The van der Waals surface area contributed by atoms with E-state index < -0.39 is 41.2 Å². The Kier molecular flexibility index (Phi) is 3.63. The Morgan fingerprint density at radius 3 is 1.32 bits per heavy atom. The van der Waals surface area contributed by atoms with Crippen molar-refractivity contribution in [1.29, 1.82) is 15.8 Å². The van der Waals surface area contributed by atoms with E-state index >= 15 is 0 Å². The van der Waals surface area contributed by atoms with E-state index in [0.717, 1.165) is 17.9 Å². The fraction of sp³-hybridized carbons (Fsp3) is 0. The Bertz CT molecular complexity index is 607. The number of hydrogen-bond acceptors (Lipinski definition) is 4. The summed E-state index contributed by atoms with van der Waals surface area (Å²) in [6.07, 6.45) is -3.74. The molecule has 96 valence electrons. The molecule has 0 heterocycles. The minimum Gasteiger partial charge on any atom is -0.678 e. The molecule has 1 aromatic rings. The normalized spacial score (nSPS) is 10.2. The monoisotopic (exact) mass is 272 g/mol. The van der Waals surface area contributed by atoms with Gasteiger partial charge in [-0.05, 0) is 0 Å². The van der Waals surface area contributed by atoms with Gasteiger partial charge in [0.2, 0.25) is 29.1 Å². The summed E-state index contributed by atoms with van der Waals surface area (Å²) >= 11 is 0. The first-order valence-corrected chi connectivity index (χ1v) is 4.42. The van der Waals surface area contributed by atoms with Crippen LogP contribution in [0.5, 0.6) is 5.75 Å². The van der Waals surface area contributed by atoms with Crippen molar-refractivity contribution in [3.05, 3.63) is 29.1 Å². The fourth-order valence-electron chi connectivity index (χ4n) is 1.03. The lowest BCUT2D eigenvalue weighted by Crippen LogP contribution is -2.39. The van der Waals surface area contributed by atoms with Crippen LogP contribution in [-0.4, -0.2) is 6.35 Å². The first-order chi connectivity index (χ1) is 8.83. The van der Waals surface area contributed by atoms with Crippen LogP contribution in [0.25, 0.3) is 0 Å². The average molecular weight is 272 g/mol. The summed E-state index contributed by atoms with van der Waals surface area (Å²) in [7, 11) is 0. The first-order valence-electron chi connectivity index (χ1n) is 4.42. The van der Waals surface area contributed by atoms with Gasteiger partial charge < -0.3 is 4.65 Å². The van der Waals surface area contributed by atoms with Crippen molar-refractivity contribution in [1.82, 2.24) is 0 Å². The predicted octanol–water partition coefficient (Wildman–Crippen LogP) is 1.89. The number of nitrogens with zero attached hydrogens (tertiary/aromatic N) is 3. The van der Waals surface area contributed by atoms with Gasteiger partial charge in [-0.1, -0.05) is 17.9 Å². The van der Waals surface area contributed by atoms with Gasteiger partial charge in [-0.15, -0.1) is 0 Å². The second kappa shape index (κ2) is 4.83. The molecule has 0 aromatic heterocycles. The molecule has 10 heteroatoms. The van der Waals surface area contributed by atoms with E-state index in [4.69, 9.17) is 15.8 Å². The van der Waals surface area contributed by atoms with E-state index in [-0.39, 0.29) is 0 Å². The number of nitriles is 3. The quantitative estimate of drug-likeness (QED) is 0.356. The van der Waals surface area contributed by atoms with E-state index in [2.05, 4.69) is 4.65 Å². The van der Waals surface area contributed by atoms with Gasteiger partial charge in [0.25, 0.3) is 0 Å². The van der Waals surface area contributed by atoms with Crippen molar-refractivity contribution in [2.75, 3.05) is 0 Å². The number of halogens is 5. The fourth-order valence-corrected chi connectivity index (χ4v) is 1.03. The maximum absolute atomic E-state index is 13.2. The molecule has 0 spiro atoms. The third-order valence-corrected chi connectivity index (χ3v) is 2.01. The van der Waals surface area contributed by atoms with Crippen molar-refractivity contribution in [2.45, 2.75) is 0 Å². The zero-order valence-electron chi connectivity index (χ0n) is 8.72. The predicted molar refractivity (Wildman–Crippen MR) is 49.5 cm³/mol. The van der Waals surface area contributed by atoms with Crippen molar-refractivity contribution in [3.63, 3.8) is 0 Å². The van der Waals surface area contributed by atoms with Gasteiger partial charge >= 0.3 is 6.35 Å². The lowest BCUT2D eigenvalue weighted by Gasteiger charge is -2.23. The summed E-state index contributed by atoms with van der Waals surface area (Å²) in [5.41, 5.74) is 0. The van der Waals surface area contributed by atoms with Gasteiger partial charge in [-0.25, -0.2) is 29.0 Å². The SMILES string of the molecule is N#C[B-](C#N)(C#N)Oc1c(F)c(F)c(F)c(F)c1F. The summed E-state index contributed by atoms with van der Waals surface area (Å²) in [5, 5.41) is 25.5. The van der Waals surface area contributed by atoms with Crippen LogP contribution in [0, 0.1) is 62.8 Å². The lowest BCUT2D eigenvalue weighted by atomic mass is 9.44. The highest BCUT2D eigenvalue weighted by Crippen LogP contribution is 2.30. The Balaban J connectivity index is 3.53. The molecular weight excluding hydrogens is 272 g/mol. The van der Waals surface area contributed by atoms with Gasteiger partial charge in [-0.2, -0.15) is 8.78 Å². The molecule has 0 atom stereocenters. The minimum atomic E-state index is -3.74. The average Bonchev–Trinajstić information content (AvgIpc) is 2.44. The van der Waals surface area contributed by atoms with Crippen LogP contribution in [0.15, 0.2) is 0 Å². The zero-order valence-corrected chi connectivity index (χ0v) is 8.72. The summed E-state index contributed by atoms with van der Waals surface area (Å²) in [4.78, 5) is 0. The van der Waals surface area contributed by atoms with Crippen LogP contribution in [0.1, 0.15) is 0 Å². The van der Waals surface area contributed by atoms with E-state index in [1.54, 1.807) is 0 Å². The molecule has 0 N–H and O–H groups in total. The molecule has 4 nitrogen and oxygen atoms in total. The van der Waals surface area contributed by atoms with Gasteiger partial charge in [-0.3, -0.25) is 0 Å². The molecule has 0 unspecified atom stereocenters. The molecule has 0 fully saturated rings. The lowest BCUT2D eigenvalue weighted by molar-refractivity contribution is 0.349. The number of hydrogen-bond donors (Lipinski definition) is 0. The maximum Gasteiger partial charge on any atom is 0.456 e. The van der Waals surface area contributed by atoms with Crippen LogP contribution in [-0.2, 0) is 0 Å². The van der Waals surface area contributed by atoms with Crippen LogP contribution in [0.2, 0.25) is 0 Å². The maximum atomic E-state index is 13.2. The van der Waals surface area contributed by atoms with Gasteiger partial charge in [0.1, 0.15) is 5.75 Å². The summed E-state index contributed by atoms with van der Waals surface area (Å²) in [6.45, 7) is 0. The standard InChI is InChI=1S/C9BF5N3O/c11-4-5(12)7(14)9(8(15)6(4)13)19-10(1-16,2-17)3-18/q-1. The minimum absolute atomic E-state index is 1.02. The van der Waals surface area contributed by atoms with Crippen molar-refractivity contribution in [2.24, 2.45) is 0 Å². The first kappa shape index (κ1) is 14.3. The van der Waals surface area contributed by atoms with Gasteiger partial charge in [0.15, 0.2) is 0 Å². The van der Waals surface area contributed by atoms with Crippen LogP contribution in [0.3, 0.4) is 0 Å². The largest absolute Gasteiger partial charge is 0.678 e. The molecule has 1 aromatic carbocycles. The molecule has 0 saturated heterocycles. The van der Waals surface area contributed by atoms with E-state index in [9.17, 15) is 22.0 Å². The number of benzene rings is 1. The molecule has 0 saturated carbocycles. The Labute approximate surface area is 102 Å². The van der Waals surface area contributed by atoms with Crippen molar-refractivity contribution < 1.29 is 26.6 Å². The second-order valence-corrected chi connectivity index (χ2v) is 3.19. The topological polar surface area (TPSA) is 80.6 Å². The highest BCUT2D eigenvalue weighted by atomic mass is 19.2. The van der Waals surface area contributed by atoms with E-state index in [0.29, 0.717) is 0 Å². The van der Waals surface area contributed by atoms with E-state index in [1.165, 1.54) is 0 Å². The highest BCUT2D eigenvalue weighted by Gasteiger charge is 2.33. The van der Waals surface area contributed by atoms with Crippen LogP contribution >= 0.6 is 0 Å². The molecule has 0 radical (unpaired) electrons. The molecule has 19 heavy (non-hydrogen) atoms. The molecule has 1 rings (SSSR count). The van der Waals surface area contributed by atoms with Crippen molar-refractivity contribution in [3.8, 4) is 23.7 Å². The Hall–Kier alpha value is -2.80. The Morgan fingerprint density at radius 1 is 0.684 bits per heavy atom.